The van der Waals surface area contributed by atoms with Crippen LogP contribution in [0.2, 0.25) is 0 Å². The van der Waals surface area contributed by atoms with E-state index in [0.29, 0.717) is 5.92 Å². The van der Waals surface area contributed by atoms with Crippen molar-refractivity contribution in [2.45, 2.75) is 30.7 Å². The first-order chi connectivity index (χ1) is 9.44. The molecule has 20 heavy (non-hydrogen) atoms. The van der Waals surface area contributed by atoms with E-state index in [-0.39, 0.29) is 23.0 Å². The molecular weight excluding hydrogens is 279 g/mol. The summed E-state index contributed by atoms with van der Waals surface area (Å²) in [6, 6.07) is 3.57. The van der Waals surface area contributed by atoms with Gasteiger partial charge in [0.25, 0.3) is 0 Å². The number of rotatable bonds is 4. The van der Waals surface area contributed by atoms with Gasteiger partial charge in [-0.2, -0.15) is 0 Å². The Morgan fingerprint density at radius 3 is 2.75 bits per heavy atom. The van der Waals surface area contributed by atoms with Gasteiger partial charge < -0.3 is 5.73 Å². The van der Waals surface area contributed by atoms with Gasteiger partial charge in [-0.3, -0.25) is 0 Å². The Kier molecular flexibility index (Phi) is 4.43. The predicted octanol–water partition coefficient (Wildman–Crippen LogP) is 1.21. The van der Waals surface area contributed by atoms with E-state index in [0.717, 1.165) is 18.9 Å². The first-order valence-corrected chi connectivity index (χ1v) is 7.93. The second kappa shape index (κ2) is 5.92. The van der Waals surface area contributed by atoms with Crippen LogP contribution in [0.5, 0.6) is 0 Å². The second-order valence-electron chi connectivity index (χ2n) is 4.89. The quantitative estimate of drug-likeness (QED) is 0.820. The Hall–Kier alpha value is -1.42. The fourth-order valence-electron chi connectivity index (χ4n) is 1.92. The Morgan fingerprint density at radius 1 is 1.50 bits per heavy atom. The molecule has 6 heteroatoms. The van der Waals surface area contributed by atoms with Gasteiger partial charge in [-0.05, 0) is 43.9 Å². The molecular formula is C14H17FN2O2S. The molecule has 0 aliphatic heterocycles. The number of hydrogen-bond acceptors (Lipinski definition) is 3. The highest BCUT2D eigenvalue weighted by atomic mass is 32.2. The van der Waals surface area contributed by atoms with Crippen LogP contribution in [0, 0.1) is 23.6 Å². The summed E-state index contributed by atoms with van der Waals surface area (Å²) in [4.78, 5) is -0.0826. The number of nitrogens with two attached hydrogens (primary N) is 1. The predicted molar refractivity (Wildman–Crippen MR) is 74.8 cm³/mol. The maximum Gasteiger partial charge on any atom is 0.240 e. The number of nitrogens with one attached hydrogen (secondary N) is 1. The summed E-state index contributed by atoms with van der Waals surface area (Å²) in [5, 5.41) is 0. The molecule has 4 nitrogen and oxygen atoms in total. The minimum atomic E-state index is -3.69. The largest absolute Gasteiger partial charge is 0.320 e. The molecule has 1 atom stereocenters. The van der Waals surface area contributed by atoms with Crippen LogP contribution in [0.4, 0.5) is 4.39 Å². The van der Waals surface area contributed by atoms with Crippen LogP contribution in [0.1, 0.15) is 25.3 Å². The molecule has 1 saturated carbocycles. The van der Waals surface area contributed by atoms with Gasteiger partial charge in [-0.15, -0.1) is 0 Å². The lowest BCUT2D eigenvalue weighted by atomic mass is 10.2. The molecule has 108 valence electrons. The van der Waals surface area contributed by atoms with E-state index in [1.807, 2.05) is 6.92 Å². The summed E-state index contributed by atoms with van der Waals surface area (Å²) in [7, 11) is -3.69. The normalized spacial score (nSPS) is 16.4. The monoisotopic (exact) mass is 296 g/mol. The molecule has 0 radical (unpaired) electrons. The first-order valence-electron chi connectivity index (χ1n) is 6.45. The summed E-state index contributed by atoms with van der Waals surface area (Å²) in [5.74, 6) is 4.82. The summed E-state index contributed by atoms with van der Waals surface area (Å²) in [5.41, 5.74) is 5.36. The van der Waals surface area contributed by atoms with Gasteiger partial charge in [0.05, 0.1) is 17.0 Å². The van der Waals surface area contributed by atoms with E-state index in [1.165, 1.54) is 12.1 Å². The van der Waals surface area contributed by atoms with Crippen molar-refractivity contribution in [1.29, 1.82) is 0 Å². The third kappa shape index (κ3) is 3.57. The van der Waals surface area contributed by atoms with Crippen LogP contribution in [0.15, 0.2) is 23.1 Å². The van der Waals surface area contributed by atoms with E-state index in [1.54, 1.807) is 0 Å². The molecule has 0 heterocycles. The first kappa shape index (κ1) is 15.0. The molecule has 0 aromatic heterocycles. The lowest BCUT2D eigenvalue weighted by molar-refractivity contribution is 0.536. The van der Waals surface area contributed by atoms with Crippen molar-refractivity contribution in [3.8, 4) is 11.8 Å². The molecule has 0 amide bonds. The highest BCUT2D eigenvalue weighted by Crippen LogP contribution is 2.33. The SMILES string of the molecule is CC(NS(=O)(=O)c1ccc(C#CCN)c(F)c1)C1CC1. The molecule has 2 rings (SSSR count). The van der Waals surface area contributed by atoms with Crippen molar-refractivity contribution in [2.75, 3.05) is 6.54 Å². The zero-order chi connectivity index (χ0) is 14.8. The number of benzene rings is 1. The van der Waals surface area contributed by atoms with Crippen molar-refractivity contribution in [3.63, 3.8) is 0 Å². The van der Waals surface area contributed by atoms with E-state index in [9.17, 15) is 12.8 Å². The average molecular weight is 296 g/mol. The van der Waals surface area contributed by atoms with Gasteiger partial charge in [0.15, 0.2) is 0 Å². The molecule has 1 unspecified atom stereocenters. The lowest BCUT2D eigenvalue weighted by Gasteiger charge is -2.13. The summed E-state index contributed by atoms with van der Waals surface area (Å²) in [6.45, 7) is 1.95. The highest BCUT2D eigenvalue weighted by molar-refractivity contribution is 7.89. The minimum Gasteiger partial charge on any atom is -0.320 e. The standard InChI is InChI=1S/C14H17FN2O2S/c1-10(11-4-5-11)17-20(18,19)13-7-6-12(3-2-8-16)14(15)9-13/h6-7,9-11,17H,4-5,8,16H2,1H3. The molecule has 0 spiro atoms. The van der Waals surface area contributed by atoms with E-state index in [2.05, 4.69) is 16.6 Å². The summed E-state index contributed by atoms with van der Waals surface area (Å²) >= 11 is 0. The van der Waals surface area contributed by atoms with E-state index in [4.69, 9.17) is 5.73 Å². The van der Waals surface area contributed by atoms with Crippen molar-refractivity contribution >= 4 is 10.0 Å². The zero-order valence-corrected chi connectivity index (χ0v) is 12.0. The molecule has 3 N–H and O–H groups in total. The topological polar surface area (TPSA) is 72.2 Å². The maximum atomic E-state index is 13.8. The summed E-state index contributed by atoms with van der Waals surface area (Å²) < 4.78 is 40.6. The minimum absolute atomic E-state index is 0.0826. The van der Waals surface area contributed by atoms with Crippen molar-refractivity contribution < 1.29 is 12.8 Å². The average Bonchev–Trinajstić information content (AvgIpc) is 3.21. The molecule has 1 aromatic carbocycles. The van der Waals surface area contributed by atoms with Gasteiger partial charge in [0.1, 0.15) is 5.82 Å². The fourth-order valence-corrected chi connectivity index (χ4v) is 3.24. The zero-order valence-electron chi connectivity index (χ0n) is 11.2. The Bertz CT molecular complexity index is 657. The summed E-state index contributed by atoms with van der Waals surface area (Å²) in [6.07, 6.45) is 2.07. The van der Waals surface area contributed by atoms with Gasteiger partial charge in [0.2, 0.25) is 10.0 Å². The molecule has 1 aliphatic rings. The van der Waals surface area contributed by atoms with Gasteiger partial charge >= 0.3 is 0 Å². The van der Waals surface area contributed by atoms with Crippen molar-refractivity contribution in [1.82, 2.24) is 4.72 Å². The lowest BCUT2D eigenvalue weighted by Crippen LogP contribution is -2.34. The second-order valence-corrected chi connectivity index (χ2v) is 6.61. The Balaban J connectivity index is 2.21. The Labute approximate surface area is 118 Å². The van der Waals surface area contributed by atoms with Crippen molar-refractivity contribution in [2.24, 2.45) is 11.7 Å². The van der Waals surface area contributed by atoms with E-state index < -0.39 is 15.8 Å². The number of hydrogen-bond donors (Lipinski definition) is 2. The molecule has 0 bridgehead atoms. The van der Waals surface area contributed by atoms with Crippen LogP contribution in [-0.4, -0.2) is 21.0 Å². The van der Waals surface area contributed by atoms with Crippen LogP contribution in [0.25, 0.3) is 0 Å². The van der Waals surface area contributed by atoms with Crippen molar-refractivity contribution in [3.05, 3.63) is 29.6 Å². The van der Waals surface area contributed by atoms with Crippen LogP contribution >= 0.6 is 0 Å². The number of sulfonamides is 1. The van der Waals surface area contributed by atoms with E-state index >= 15 is 0 Å². The molecule has 1 aliphatic carbocycles. The maximum absolute atomic E-state index is 13.8. The fraction of sp³-hybridized carbons (Fsp3) is 0.429. The Morgan fingerprint density at radius 2 is 2.20 bits per heavy atom. The molecule has 1 fully saturated rings. The van der Waals surface area contributed by atoms with Crippen LogP contribution in [-0.2, 0) is 10.0 Å². The van der Waals surface area contributed by atoms with Crippen LogP contribution < -0.4 is 10.5 Å². The van der Waals surface area contributed by atoms with Gasteiger partial charge in [-0.1, -0.05) is 11.8 Å². The number of halogens is 1. The highest BCUT2D eigenvalue weighted by Gasteiger charge is 2.31. The smallest absolute Gasteiger partial charge is 0.240 e. The van der Waals surface area contributed by atoms with Gasteiger partial charge in [-0.25, -0.2) is 17.5 Å². The third-order valence-electron chi connectivity index (χ3n) is 3.25. The molecule has 1 aromatic rings. The van der Waals surface area contributed by atoms with Crippen LogP contribution in [0.3, 0.4) is 0 Å². The van der Waals surface area contributed by atoms with Gasteiger partial charge in [0, 0.05) is 6.04 Å². The third-order valence-corrected chi connectivity index (χ3v) is 4.80. The molecule has 0 saturated heterocycles.